The molecule has 0 aliphatic carbocycles. The summed E-state index contributed by atoms with van der Waals surface area (Å²) < 4.78 is 0.830. The van der Waals surface area contributed by atoms with Crippen LogP contribution in [0.5, 0.6) is 0 Å². The van der Waals surface area contributed by atoms with E-state index < -0.39 is 0 Å². The second-order valence-corrected chi connectivity index (χ2v) is 12.4. The van der Waals surface area contributed by atoms with E-state index in [0.29, 0.717) is 38.1 Å². The first kappa shape index (κ1) is 25.8. The predicted octanol–water partition coefficient (Wildman–Crippen LogP) is 8.43. The number of hydrogen-bond donors (Lipinski definition) is 1. The summed E-state index contributed by atoms with van der Waals surface area (Å²) in [6.07, 6.45) is 2.98. The van der Waals surface area contributed by atoms with Crippen LogP contribution in [0.3, 0.4) is 0 Å². The van der Waals surface area contributed by atoms with Crippen LogP contribution in [0.25, 0.3) is 0 Å². The van der Waals surface area contributed by atoms with Gasteiger partial charge in [0.25, 0.3) is 0 Å². The monoisotopic (exact) mass is 587 g/mol. The number of amides is 1. The van der Waals surface area contributed by atoms with E-state index in [2.05, 4.69) is 15.3 Å². The molecule has 0 fully saturated rings. The number of hydrogen-bond acceptors (Lipinski definition) is 6. The van der Waals surface area contributed by atoms with Crippen LogP contribution in [0.1, 0.15) is 26.6 Å². The van der Waals surface area contributed by atoms with Gasteiger partial charge in [-0.25, -0.2) is 9.97 Å². The fraction of sp³-hybridized carbons (Fsp3) is 0.174. The number of anilines is 1. The lowest BCUT2D eigenvalue weighted by atomic mass is 10.1. The van der Waals surface area contributed by atoms with Crippen molar-refractivity contribution in [2.75, 3.05) is 11.1 Å². The Morgan fingerprint density at radius 1 is 0.971 bits per heavy atom. The average Bonchev–Trinajstić information content (AvgIpc) is 3.37. The van der Waals surface area contributed by atoms with Crippen LogP contribution in [-0.4, -0.2) is 21.6 Å². The molecule has 176 valence electrons. The average molecular weight is 589 g/mol. The number of nitrogens with one attached hydrogen (secondary N) is 1. The Morgan fingerprint density at radius 3 is 2.29 bits per heavy atom. The Balaban J connectivity index is 1.32. The molecule has 0 radical (unpaired) electrons. The van der Waals surface area contributed by atoms with Crippen LogP contribution in [0, 0.1) is 6.92 Å². The summed E-state index contributed by atoms with van der Waals surface area (Å²) in [5.74, 6) is 0.0956. The summed E-state index contributed by atoms with van der Waals surface area (Å²) >= 11 is 29.1. The molecule has 0 bridgehead atoms. The van der Waals surface area contributed by atoms with Gasteiger partial charge in [-0.2, -0.15) is 0 Å². The Bertz CT molecular complexity index is 1340. The quantitative estimate of drug-likeness (QED) is 0.210. The van der Waals surface area contributed by atoms with Gasteiger partial charge in [0.1, 0.15) is 0 Å². The number of thiazole rings is 2. The van der Waals surface area contributed by atoms with Crippen LogP contribution < -0.4 is 5.32 Å². The summed E-state index contributed by atoms with van der Waals surface area (Å²) in [6, 6.07) is 10.8. The Hall–Kier alpha value is -1.32. The van der Waals surface area contributed by atoms with Gasteiger partial charge in [-0.1, -0.05) is 58.2 Å². The van der Waals surface area contributed by atoms with E-state index in [9.17, 15) is 4.79 Å². The van der Waals surface area contributed by atoms with Crippen molar-refractivity contribution in [1.82, 2.24) is 9.97 Å². The molecule has 0 spiro atoms. The molecule has 0 aliphatic heterocycles. The molecule has 4 rings (SSSR count). The number of halogens is 4. The van der Waals surface area contributed by atoms with Gasteiger partial charge in [0.2, 0.25) is 5.91 Å². The van der Waals surface area contributed by atoms with E-state index in [0.717, 1.165) is 30.9 Å². The zero-order valence-corrected chi connectivity index (χ0v) is 23.2. The minimum absolute atomic E-state index is 0.140. The van der Waals surface area contributed by atoms with Gasteiger partial charge in [0, 0.05) is 48.9 Å². The molecule has 4 aromatic rings. The third kappa shape index (κ3) is 6.88. The van der Waals surface area contributed by atoms with Crippen molar-refractivity contribution in [1.29, 1.82) is 0 Å². The van der Waals surface area contributed by atoms with Gasteiger partial charge >= 0.3 is 0 Å². The van der Waals surface area contributed by atoms with Crippen molar-refractivity contribution in [3.05, 3.63) is 89.3 Å². The molecule has 0 saturated carbocycles. The fourth-order valence-corrected chi connectivity index (χ4v) is 6.74. The zero-order valence-electron chi connectivity index (χ0n) is 17.7. The normalized spacial score (nSPS) is 11.1. The molecule has 4 nitrogen and oxygen atoms in total. The van der Waals surface area contributed by atoms with E-state index in [-0.39, 0.29) is 11.7 Å². The second-order valence-electron chi connectivity index (χ2n) is 7.28. The minimum Gasteiger partial charge on any atom is -0.301 e. The van der Waals surface area contributed by atoms with Crippen molar-refractivity contribution < 1.29 is 4.79 Å². The molecule has 0 saturated heterocycles. The fourth-order valence-electron chi connectivity index (χ4n) is 3.07. The molecule has 2 aromatic carbocycles. The molecule has 0 unspecified atom stereocenters. The lowest BCUT2D eigenvalue weighted by Crippen LogP contribution is -2.13. The van der Waals surface area contributed by atoms with Crippen LogP contribution >= 0.6 is 80.8 Å². The van der Waals surface area contributed by atoms with E-state index in [1.807, 2.05) is 19.1 Å². The molecular formula is C23H17Cl4N3OS3. The van der Waals surface area contributed by atoms with E-state index >= 15 is 0 Å². The van der Waals surface area contributed by atoms with Crippen molar-refractivity contribution in [2.45, 2.75) is 24.1 Å². The van der Waals surface area contributed by atoms with Crippen molar-refractivity contribution in [3.63, 3.8) is 0 Å². The summed E-state index contributed by atoms with van der Waals surface area (Å²) in [6.45, 7) is 1.96. The standard InChI is InChI=1S/C23H17Cl4N3OS3/c1-12-20(9-14-7-16(25)3-5-19(14)27)34-23(29-12)32-11-21(31)30-22-28-10-17(33-22)8-13-6-15(24)2-4-18(13)26/h2-7,10H,8-9,11H2,1H3,(H,28,30,31). The lowest BCUT2D eigenvalue weighted by molar-refractivity contribution is -0.113. The van der Waals surface area contributed by atoms with Crippen LogP contribution in [-0.2, 0) is 17.6 Å². The van der Waals surface area contributed by atoms with Gasteiger partial charge in [-0.3, -0.25) is 4.79 Å². The lowest BCUT2D eigenvalue weighted by Gasteiger charge is -2.03. The van der Waals surface area contributed by atoms with E-state index in [1.54, 1.807) is 41.8 Å². The summed E-state index contributed by atoms with van der Waals surface area (Å²) in [5.41, 5.74) is 2.79. The number of carbonyl (C=O) groups is 1. The summed E-state index contributed by atoms with van der Waals surface area (Å²) in [5, 5.41) is 6.00. The van der Waals surface area contributed by atoms with Crippen molar-refractivity contribution in [2.24, 2.45) is 0 Å². The smallest absolute Gasteiger partial charge is 0.236 e. The highest BCUT2D eigenvalue weighted by atomic mass is 35.5. The largest absolute Gasteiger partial charge is 0.301 e. The highest BCUT2D eigenvalue weighted by molar-refractivity contribution is 8.01. The Kier molecular flexibility index (Phi) is 8.80. The molecule has 1 amide bonds. The van der Waals surface area contributed by atoms with Gasteiger partial charge in [-0.05, 0) is 54.4 Å². The maximum Gasteiger partial charge on any atom is 0.236 e. The maximum absolute atomic E-state index is 12.5. The summed E-state index contributed by atoms with van der Waals surface area (Å²) in [7, 11) is 0. The number of aromatic nitrogens is 2. The Morgan fingerprint density at radius 2 is 1.62 bits per heavy atom. The first-order valence-corrected chi connectivity index (χ1v) is 14.1. The molecule has 1 N–H and O–H groups in total. The van der Waals surface area contributed by atoms with Gasteiger partial charge in [0.15, 0.2) is 9.47 Å². The van der Waals surface area contributed by atoms with Gasteiger partial charge < -0.3 is 5.32 Å². The van der Waals surface area contributed by atoms with Crippen LogP contribution in [0.15, 0.2) is 46.9 Å². The van der Waals surface area contributed by atoms with Crippen LogP contribution in [0.4, 0.5) is 5.13 Å². The second kappa shape index (κ2) is 11.6. The Labute approximate surface area is 229 Å². The van der Waals surface area contributed by atoms with Gasteiger partial charge in [0.05, 0.1) is 11.4 Å². The molecule has 0 aliphatic rings. The van der Waals surface area contributed by atoms with Gasteiger partial charge in [-0.15, -0.1) is 22.7 Å². The minimum atomic E-state index is -0.140. The van der Waals surface area contributed by atoms with Crippen molar-refractivity contribution >= 4 is 91.9 Å². The molecule has 2 aromatic heterocycles. The third-order valence-corrected chi connectivity index (χ3v) is 9.15. The first-order chi connectivity index (χ1) is 16.3. The number of nitrogens with zero attached hydrogens (tertiary/aromatic N) is 2. The van der Waals surface area contributed by atoms with E-state index in [1.165, 1.54) is 23.1 Å². The molecule has 34 heavy (non-hydrogen) atoms. The zero-order chi connectivity index (χ0) is 24.2. The molecule has 2 heterocycles. The van der Waals surface area contributed by atoms with E-state index in [4.69, 9.17) is 46.4 Å². The number of aryl methyl sites for hydroxylation is 1. The highest BCUT2D eigenvalue weighted by Gasteiger charge is 2.14. The number of thioether (sulfide) groups is 1. The summed E-state index contributed by atoms with van der Waals surface area (Å²) in [4.78, 5) is 23.4. The molecule has 11 heteroatoms. The topological polar surface area (TPSA) is 54.9 Å². The molecule has 0 atom stereocenters. The number of carbonyl (C=O) groups excluding carboxylic acids is 1. The third-order valence-electron chi connectivity index (χ3n) is 4.73. The maximum atomic E-state index is 12.5. The highest BCUT2D eigenvalue weighted by Crippen LogP contribution is 2.32. The predicted molar refractivity (Wildman–Crippen MR) is 147 cm³/mol. The number of rotatable bonds is 8. The molecular weight excluding hydrogens is 572 g/mol. The SMILES string of the molecule is Cc1nc(SCC(=O)Nc2ncc(Cc3cc(Cl)ccc3Cl)s2)sc1Cc1cc(Cl)ccc1Cl. The number of benzene rings is 2. The van der Waals surface area contributed by atoms with Crippen molar-refractivity contribution in [3.8, 4) is 0 Å². The first-order valence-electron chi connectivity index (χ1n) is 9.98. The van der Waals surface area contributed by atoms with Crippen LogP contribution in [0.2, 0.25) is 20.1 Å².